The van der Waals surface area contributed by atoms with E-state index >= 15 is 0 Å². The summed E-state index contributed by atoms with van der Waals surface area (Å²) >= 11 is 5.14. The van der Waals surface area contributed by atoms with Gasteiger partial charge in [-0.25, -0.2) is 5.01 Å². The van der Waals surface area contributed by atoms with Crippen LogP contribution in [0, 0.1) is 0 Å². The molecule has 2 aromatic carbocycles. The van der Waals surface area contributed by atoms with Crippen LogP contribution in [0.25, 0.3) is 0 Å². The summed E-state index contributed by atoms with van der Waals surface area (Å²) in [5.41, 5.74) is 3.08. The number of aromatic hydroxyl groups is 1. The van der Waals surface area contributed by atoms with Gasteiger partial charge in [0, 0.05) is 17.5 Å². The van der Waals surface area contributed by atoms with E-state index in [0.29, 0.717) is 16.8 Å². The van der Waals surface area contributed by atoms with Crippen LogP contribution in [0.3, 0.4) is 0 Å². The first-order valence-electron chi connectivity index (χ1n) is 9.46. The number of thiophene rings is 1. The van der Waals surface area contributed by atoms with E-state index in [4.69, 9.17) is 14.6 Å². The van der Waals surface area contributed by atoms with Gasteiger partial charge in [0.2, 0.25) is 6.23 Å². The van der Waals surface area contributed by atoms with Crippen molar-refractivity contribution in [2.45, 2.75) is 25.6 Å². The van der Waals surface area contributed by atoms with E-state index in [9.17, 15) is 5.11 Å². The first-order chi connectivity index (χ1) is 14.2. The molecule has 0 amide bonds. The zero-order valence-corrected chi connectivity index (χ0v) is 18.1. The molecule has 1 aromatic heterocycles. The molecule has 0 unspecified atom stereocenters. The van der Waals surface area contributed by atoms with Gasteiger partial charge in [0.1, 0.15) is 5.75 Å². The van der Waals surface area contributed by atoms with Gasteiger partial charge < -0.3 is 14.6 Å². The van der Waals surface area contributed by atoms with Crippen LogP contribution < -0.4 is 9.47 Å². The highest BCUT2D eigenvalue weighted by Gasteiger charge is 2.41. The summed E-state index contributed by atoms with van der Waals surface area (Å²) in [4.78, 5) is 1.18. The van der Waals surface area contributed by atoms with Gasteiger partial charge in [-0.05, 0) is 52.5 Å². The summed E-state index contributed by atoms with van der Waals surface area (Å²) in [5.74, 6) is 1.38. The molecular formula is C22H19BrN2O3S. The van der Waals surface area contributed by atoms with Crippen molar-refractivity contribution in [3.05, 3.63) is 74.4 Å². The minimum atomic E-state index is -0.413. The smallest absolute Gasteiger partial charge is 0.214 e. The fraction of sp³-hybridized carbons (Fsp3) is 0.227. The van der Waals surface area contributed by atoms with Crippen molar-refractivity contribution in [1.29, 1.82) is 0 Å². The Morgan fingerprint density at radius 3 is 2.93 bits per heavy atom. The monoisotopic (exact) mass is 470 g/mol. The molecule has 0 saturated carbocycles. The Bertz CT molecular complexity index is 1080. The number of phenols is 1. The maximum Gasteiger partial charge on any atom is 0.214 e. The van der Waals surface area contributed by atoms with E-state index < -0.39 is 6.23 Å². The van der Waals surface area contributed by atoms with Crippen LogP contribution in [0.15, 0.2) is 63.5 Å². The maximum atomic E-state index is 10.3. The molecule has 2 aliphatic rings. The van der Waals surface area contributed by atoms with Crippen molar-refractivity contribution in [2.75, 3.05) is 6.61 Å². The summed E-state index contributed by atoms with van der Waals surface area (Å²) in [6.45, 7) is 2.35. The molecule has 5 rings (SSSR count). The molecule has 0 saturated heterocycles. The summed E-state index contributed by atoms with van der Waals surface area (Å²) in [6, 6.07) is 16.1. The number of hydrogen-bond donors (Lipinski definition) is 1. The highest BCUT2D eigenvalue weighted by Crippen LogP contribution is 2.49. The van der Waals surface area contributed by atoms with E-state index in [1.807, 2.05) is 48.3 Å². The van der Waals surface area contributed by atoms with Crippen LogP contribution in [-0.4, -0.2) is 22.4 Å². The van der Waals surface area contributed by atoms with E-state index in [2.05, 4.69) is 33.4 Å². The third-order valence-electron chi connectivity index (χ3n) is 5.14. The van der Waals surface area contributed by atoms with Crippen LogP contribution in [-0.2, 0) is 0 Å². The molecule has 5 nitrogen and oxygen atoms in total. The third kappa shape index (κ3) is 3.18. The Labute approximate surface area is 181 Å². The number of hydrazone groups is 1. The van der Waals surface area contributed by atoms with Gasteiger partial charge in [-0.1, -0.05) is 24.3 Å². The maximum absolute atomic E-state index is 10.3. The van der Waals surface area contributed by atoms with E-state index in [0.717, 1.165) is 29.0 Å². The standard InChI is InChI=1S/C22H19BrN2O3S/c1-2-27-19-11-13(10-15(23)21(19)26)22-25-17(14-6-3-4-7-18(14)28-22)12-16(24-25)20-8-5-9-29-20/h3-11,17,22,26H,2,12H2,1H3/t17-,22+/m1/s1. The first kappa shape index (κ1) is 18.5. The second kappa shape index (κ2) is 7.39. The highest BCUT2D eigenvalue weighted by molar-refractivity contribution is 9.10. The summed E-state index contributed by atoms with van der Waals surface area (Å²) < 4.78 is 12.6. The molecule has 148 valence electrons. The van der Waals surface area contributed by atoms with E-state index in [-0.39, 0.29) is 11.8 Å². The van der Waals surface area contributed by atoms with Crippen molar-refractivity contribution in [3.63, 3.8) is 0 Å². The average molecular weight is 471 g/mol. The van der Waals surface area contributed by atoms with Crippen LogP contribution in [0.4, 0.5) is 0 Å². The van der Waals surface area contributed by atoms with E-state index in [1.54, 1.807) is 11.3 Å². The Kier molecular flexibility index (Phi) is 4.72. The van der Waals surface area contributed by atoms with Gasteiger partial charge in [0.15, 0.2) is 11.5 Å². The minimum absolute atomic E-state index is 0.0903. The molecule has 3 aromatic rings. The Hall–Kier alpha value is -2.51. The van der Waals surface area contributed by atoms with Crippen LogP contribution in [0.5, 0.6) is 17.2 Å². The number of benzene rings is 2. The molecule has 0 spiro atoms. The fourth-order valence-corrected chi connectivity index (χ4v) is 5.03. The predicted octanol–water partition coefficient (Wildman–Crippen LogP) is 5.86. The second-order valence-electron chi connectivity index (χ2n) is 6.91. The van der Waals surface area contributed by atoms with Crippen molar-refractivity contribution < 1.29 is 14.6 Å². The molecule has 29 heavy (non-hydrogen) atoms. The SMILES string of the molecule is CCOc1cc([C@@H]2Oc3ccccc3[C@H]3CC(c4cccs4)=NN32)cc(Br)c1O. The summed E-state index contributed by atoms with van der Waals surface area (Å²) in [6.07, 6.45) is 0.415. The number of nitrogens with zero attached hydrogens (tertiary/aromatic N) is 2. The summed E-state index contributed by atoms with van der Waals surface area (Å²) in [7, 11) is 0. The quantitative estimate of drug-likeness (QED) is 0.518. The number of ether oxygens (including phenoxy) is 2. The largest absolute Gasteiger partial charge is 0.503 e. The molecular weight excluding hydrogens is 452 g/mol. The Morgan fingerprint density at radius 2 is 2.14 bits per heavy atom. The van der Waals surface area contributed by atoms with Gasteiger partial charge in [0.05, 0.1) is 27.7 Å². The fourth-order valence-electron chi connectivity index (χ4n) is 3.85. The predicted molar refractivity (Wildman–Crippen MR) is 117 cm³/mol. The molecule has 3 heterocycles. The normalized spacial score (nSPS) is 19.9. The van der Waals surface area contributed by atoms with Gasteiger partial charge in [-0.15, -0.1) is 11.3 Å². The van der Waals surface area contributed by atoms with E-state index in [1.165, 1.54) is 4.88 Å². The van der Waals surface area contributed by atoms with Crippen molar-refractivity contribution in [2.24, 2.45) is 5.10 Å². The third-order valence-corrected chi connectivity index (χ3v) is 6.66. The zero-order chi connectivity index (χ0) is 20.0. The van der Waals surface area contributed by atoms with Gasteiger partial charge in [-0.3, -0.25) is 0 Å². The molecule has 7 heteroatoms. The minimum Gasteiger partial charge on any atom is -0.503 e. The van der Waals surface area contributed by atoms with Crippen LogP contribution in [0.1, 0.15) is 41.6 Å². The molecule has 0 radical (unpaired) electrons. The summed E-state index contributed by atoms with van der Waals surface area (Å²) in [5, 5.41) is 19.4. The number of rotatable bonds is 4. The second-order valence-corrected chi connectivity index (χ2v) is 8.72. The lowest BCUT2D eigenvalue weighted by molar-refractivity contribution is -0.0192. The topological polar surface area (TPSA) is 54.3 Å². The van der Waals surface area contributed by atoms with Crippen molar-refractivity contribution in [1.82, 2.24) is 5.01 Å². The lowest BCUT2D eigenvalue weighted by atomic mass is 9.97. The van der Waals surface area contributed by atoms with Gasteiger partial charge in [0.25, 0.3) is 0 Å². The molecule has 2 atom stereocenters. The van der Waals surface area contributed by atoms with Crippen molar-refractivity contribution >= 4 is 33.0 Å². The lowest BCUT2D eigenvalue weighted by Gasteiger charge is -2.38. The Morgan fingerprint density at radius 1 is 1.28 bits per heavy atom. The van der Waals surface area contributed by atoms with Gasteiger partial charge in [-0.2, -0.15) is 5.10 Å². The number of fused-ring (bicyclic) bond motifs is 3. The Balaban J connectivity index is 1.61. The van der Waals surface area contributed by atoms with Crippen LogP contribution in [0.2, 0.25) is 0 Å². The number of hydrogen-bond acceptors (Lipinski definition) is 6. The number of para-hydroxylation sites is 1. The van der Waals surface area contributed by atoms with Crippen molar-refractivity contribution in [3.8, 4) is 17.2 Å². The first-order valence-corrected chi connectivity index (χ1v) is 11.1. The lowest BCUT2D eigenvalue weighted by Crippen LogP contribution is -2.33. The zero-order valence-electron chi connectivity index (χ0n) is 15.7. The average Bonchev–Trinajstić information content (AvgIpc) is 3.40. The molecule has 1 N–H and O–H groups in total. The number of halogens is 1. The molecule has 0 bridgehead atoms. The highest BCUT2D eigenvalue weighted by atomic mass is 79.9. The molecule has 2 aliphatic heterocycles. The van der Waals surface area contributed by atoms with Gasteiger partial charge >= 0.3 is 0 Å². The molecule has 0 aliphatic carbocycles. The number of phenolic OH excluding ortho intramolecular Hbond substituents is 1. The molecule has 0 fully saturated rings. The van der Waals surface area contributed by atoms with Crippen LogP contribution >= 0.6 is 27.3 Å².